The zero-order valence-corrected chi connectivity index (χ0v) is 8.23. The lowest BCUT2D eigenvalue weighted by atomic mass is 10.1. The van der Waals surface area contributed by atoms with Gasteiger partial charge in [0.25, 0.3) is 5.91 Å². The van der Waals surface area contributed by atoms with E-state index in [9.17, 15) is 4.79 Å². The summed E-state index contributed by atoms with van der Waals surface area (Å²) in [6.07, 6.45) is 1.63. The van der Waals surface area contributed by atoms with Gasteiger partial charge in [-0.25, -0.2) is 4.37 Å². The van der Waals surface area contributed by atoms with E-state index in [4.69, 9.17) is 0 Å². The Labute approximate surface area is 76.0 Å². The minimum Gasteiger partial charge on any atom is -0.347 e. The van der Waals surface area contributed by atoms with E-state index in [-0.39, 0.29) is 11.4 Å². The Hall–Kier alpha value is -0.900. The SMILES string of the molecule is CC(C)(C)NC(=O)c1ccns1. The molecule has 4 heteroatoms. The molecule has 0 atom stereocenters. The molecule has 0 aliphatic rings. The van der Waals surface area contributed by atoms with Gasteiger partial charge in [-0.1, -0.05) is 0 Å². The molecule has 3 nitrogen and oxygen atoms in total. The average molecular weight is 184 g/mol. The van der Waals surface area contributed by atoms with Gasteiger partial charge in [0, 0.05) is 11.7 Å². The van der Waals surface area contributed by atoms with Crippen LogP contribution in [0.4, 0.5) is 0 Å². The van der Waals surface area contributed by atoms with Crippen LogP contribution in [-0.2, 0) is 0 Å². The van der Waals surface area contributed by atoms with Crippen LogP contribution in [0, 0.1) is 0 Å². The molecule has 0 spiro atoms. The molecule has 1 rings (SSSR count). The maximum Gasteiger partial charge on any atom is 0.263 e. The Morgan fingerprint density at radius 2 is 2.25 bits per heavy atom. The third kappa shape index (κ3) is 2.62. The summed E-state index contributed by atoms with van der Waals surface area (Å²) in [6, 6.07) is 1.71. The van der Waals surface area contributed by atoms with Crippen molar-refractivity contribution in [1.82, 2.24) is 9.69 Å². The highest BCUT2D eigenvalue weighted by Crippen LogP contribution is 2.07. The maximum atomic E-state index is 11.4. The van der Waals surface area contributed by atoms with Crippen molar-refractivity contribution in [3.63, 3.8) is 0 Å². The largest absolute Gasteiger partial charge is 0.347 e. The predicted octanol–water partition coefficient (Wildman–Crippen LogP) is 1.67. The van der Waals surface area contributed by atoms with Gasteiger partial charge in [-0.15, -0.1) is 0 Å². The number of nitrogens with zero attached hydrogens (tertiary/aromatic N) is 1. The minimum absolute atomic E-state index is 0.0509. The fourth-order valence-electron chi connectivity index (χ4n) is 0.735. The molecule has 0 aliphatic heterocycles. The predicted molar refractivity (Wildman–Crippen MR) is 49.3 cm³/mol. The highest BCUT2D eigenvalue weighted by Gasteiger charge is 2.15. The van der Waals surface area contributed by atoms with Crippen molar-refractivity contribution in [2.75, 3.05) is 0 Å². The number of hydrogen-bond donors (Lipinski definition) is 1. The van der Waals surface area contributed by atoms with Gasteiger partial charge in [-0.3, -0.25) is 4.79 Å². The van der Waals surface area contributed by atoms with E-state index in [0.717, 1.165) is 0 Å². The number of amides is 1. The van der Waals surface area contributed by atoms with Crippen molar-refractivity contribution in [2.24, 2.45) is 0 Å². The third-order valence-corrected chi connectivity index (χ3v) is 1.90. The van der Waals surface area contributed by atoms with E-state index in [2.05, 4.69) is 9.69 Å². The van der Waals surface area contributed by atoms with Crippen molar-refractivity contribution in [3.8, 4) is 0 Å². The Bertz CT molecular complexity index is 261. The monoisotopic (exact) mass is 184 g/mol. The van der Waals surface area contributed by atoms with Crippen molar-refractivity contribution in [3.05, 3.63) is 17.1 Å². The quantitative estimate of drug-likeness (QED) is 0.721. The van der Waals surface area contributed by atoms with Crippen LogP contribution in [0.15, 0.2) is 12.3 Å². The van der Waals surface area contributed by atoms with Crippen molar-refractivity contribution in [2.45, 2.75) is 26.3 Å². The second kappa shape index (κ2) is 3.23. The molecule has 1 heterocycles. The fourth-order valence-corrected chi connectivity index (χ4v) is 1.23. The molecular formula is C8H12N2OS. The van der Waals surface area contributed by atoms with E-state index in [1.54, 1.807) is 12.3 Å². The summed E-state index contributed by atoms with van der Waals surface area (Å²) in [6.45, 7) is 5.85. The van der Waals surface area contributed by atoms with Crippen LogP contribution < -0.4 is 5.32 Å². The van der Waals surface area contributed by atoms with Crippen molar-refractivity contribution < 1.29 is 4.79 Å². The molecule has 0 unspecified atom stereocenters. The smallest absolute Gasteiger partial charge is 0.263 e. The molecule has 0 fully saturated rings. The highest BCUT2D eigenvalue weighted by atomic mass is 32.1. The average Bonchev–Trinajstić information content (AvgIpc) is 2.32. The topological polar surface area (TPSA) is 42.0 Å². The van der Waals surface area contributed by atoms with Crippen LogP contribution >= 0.6 is 11.5 Å². The van der Waals surface area contributed by atoms with Gasteiger partial charge in [-0.2, -0.15) is 0 Å². The first-order valence-electron chi connectivity index (χ1n) is 3.72. The third-order valence-electron chi connectivity index (χ3n) is 1.15. The molecule has 0 aromatic carbocycles. The van der Waals surface area contributed by atoms with E-state index >= 15 is 0 Å². The Morgan fingerprint density at radius 3 is 2.67 bits per heavy atom. The number of carbonyl (C=O) groups is 1. The lowest BCUT2D eigenvalue weighted by molar-refractivity contribution is 0.0924. The molecule has 1 aromatic heterocycles. The molecule has 1 amide bonds. The van der Waals surface area contributed by atoms with Gasteiger partial charge in [0.15, 0.2) is 0 Å². The number of carbonyl (C=O) groups excluding carboxylic acids is 1. The van der Waals surface area contributed by atoms with E-state index in [1.165, 1.54) is 11.5 Å². The van der Waals surface area contributed by atoms with Crippen LogP contribution in [0.3, 0.4) is 0 Å². The summed E-state index contributed by atoms with van der Waals surface area (Å²) in [5.41, 5.74) is -0.179. The summed E-state index contributed by atoms with van der Waals surface area (Å²) < 4.78 is 3.85. The Kier molecular flexibility index (Phi) is 2.47. The first kappa shape index (κ1) is 9.19. The molecule has 0 saturated heterocycles. The number of hydrogen-bond acceptors (Lipinski definition) is 3. The molecule has 66 valence electrons. The van der Waals surface area contributed by atoms with Crippen LogP contribution in [0.1, 0.15) is 30.4 Å². The van der Waals surface area contributed by atoms with E-state index < -0.39 is 0 Å². The molecule has 1 aromatic rings. The van der Waals surface area contributed by atoms with Crippen molar-refractivity contribution in [1.29, 1.82) is 0 Å². The van der Waals surface area contributed by atoms with Gasteiger partial charge >= 0.3 is 0 Å². The first-order valence-corrected chi connectivity index (χ1v) is 4.49. The molecule has 12 heavy (non-hydrogen) atoms. The normalized spacial score (nSPS) is 11.2. The van der Waals surface area contributed by atoms with Gasteiger partial charge in [0.1, 0.15) is 4.88 Å². The second-order valence-corrected chi connectivity index (χ2v) is 4.41. The van der Waals surface area contributed by atoms with Crippen LogP contribution in [-0.4, -0.2) is 15.8 Å². The number of aromatic nitrogens is 1. The van der Waals surface area contributed by atoms with Gasteiger partial charge < -0.3 is 5.32 Å². The summed E-state index contributed by atoms with van der Waals surface area (Å²) in [7, 11) is 0. The second-order valence-electron chi connectivity index (χ2n) is 3.58. The lowest BCUT2D eigenvalue weighted by Crippen LogP contribution is -2.40. The number of rotatable bonds is 1. The lowest BCUT2D eigenvalue weighted by Gasteiger charge is -2.19. The van der Waals surface area contributed by atoms with E-state index in [0.29, 0.717) is 4.88 Å². The summed E-state index contributed by atoms with van der Waals surface area (Å²) >= 11 is 1.21. The van der Waals surface area contributed by atoms with Crippen LogP contribution in [0.25, 0.3) is 0 Å². The van der Waals surface area contributed by atoms with Gasteiger partial charge in [-0.05, 0) is 38.4 Å². The Morgan fingerprint density at radius 1 is 1.58 bits per heavy atom. The summed E-state index contributed by atoms with van der Waals surface area (Å²) in [5.74, 6) is -0.0509. The van der Waals surface area contributed by atoms with Gasteiger partial charge in [0.05, 0.1) is 0 Å². The highest BCUT2D eigenvalue weighted by molar-refractivity contribution is 7.08. The maximum absolute atomic E-state index is 11.4. The van der Waals surface area contributed by atoms with Gasteiger partial charge in [0.2, 0.25) is 0 Å². The van der Waals surface area contributed by atoms with Crippen LogP contribution in [0.2, 0.25) is 0 Å². The number of nitrogens with one attached hydrogen (secondary N) is 1. The molecule has 0 saturated carbocycles. The molecule has 0 radical (unpaired) electrons. The molecule has 0 bridgehead atoms. The minimum atomic E-state index is -0.179. The molecule has 0 aliphatic carbocycles. The van der Waals surface area contributed by atoms with Crippen LogP contribution in [0.5, 0.6) is 0 Å². The van der Waals surface area contributed by atoms with E-state index in [1.807, 2.05) is 20.8 Å². The zero-order chi connectivity index (χ0) is 9.19. The molecular weight excluding hydrogens is 172 g/mol. The summed E-state index contributed by atoms with van der Waals surface area (Å²) in [5, 5.41) is 2.85. The zero-order valence-electron chi connectivity index (χ0n) is 7.42. The fraction of sp³-hybridized carbons (Fsp3) is 0.500. The Balaban J connectivity index is 2.63. The standard InChI is InChI=1S/C8H12N2OS/c1-8(2,3)10-7(11)6-4-5-9-12-6/h4-5H,1-3H3,(H,10,11). The van der Waals surface area contributed by atoms with Crippen molar-refractivity contribution >= 4 is 17.4 Å². The first-order chi connectivity index (χ1) is 5.49. The molecule has 1 N–H and O–H groups in total. The summed E-state index contributed by atoms with van der Waals surface area (Å²) in [4.78, 5) is 12.0.